The molecule has 0 atom stereocenters. The zero-order valence-electron chi connectivity index (χ0n) is 12.5. The Morgan fingerprint density at radius 1 is 1.43 bits per heavy atom. The summed E-state index contributed by atoms with van der Waals surface area (Å²) in [5, 5.41) is 11.9. The van der Waals surface area contributed by atoms with Gasteiger partial charge in [0, 0.05) is 18.2 Å². The fourth-order valence-electron chi connectivity index (χ4n) is 2.69. The molecular formula is C17H22N2O2. The molecule has 2 N–H and O–H groups in total. The first-order chi connectivity index (χ1) is 10.1. The number of pyridine rings is 1. The summed E-state index contributed by atoms with van der Waals surface area (Å²) < 4.78 is 0. The van der Waals surface area contributed by atoms with Gasteiger partial charge in [-0.15, -0.1) is 0 Å². The number of hydrogen-bond acceptors (Lipinski definition) is 3. The number of nitrogens with one attached hydrogen (secondary N) is 1. The topological polar surface area (TPSA) is 62.2 Å². The van der Waals surface area contributed by atoms with E-state index in [9.17, 15) is 4.79 Å². The van der Waals surface area contributed by atoms with Crippen molar-refractivity contribution in [2.45, 2.75) is 51.0 Å². The lowest BCUT2D eigenvalue weighted by Crippen LogP contribution is -2.47. The second-order valence-corrected chi connectivity index (χ2v) is 5.75. The van der Waals surface area contributed by atoms with Gasteiger partial charge >= 0.3 is 0 Å². The Balaban J connectivity index is 2.14. The number of nitrogens with zero attached hydrogens (tertiary/aromatic N) is 1. The second kappa shape index (κ2) is 7.24. The summed E-state index contributed by atoms with van der Waals surface area (Å²) >= 11 is 0. The summed E-state index contributed by atoms with van der Waals surface area (Å²) in [4.78, 5) is 16.7. The Hall–Kier alpha value is -1.86. The molecule has 112 valence electrons. The number of aliphatic hydroxyl groups is 1. The second-order valence-electron chi connectivity index (χ2n) is 5.75. The van der Waals surface area contributed by atoms with Gasteiger partial charge in [0.15, 0.2) is 0 Å². The van der Waals surface area contributed by atoms with Crippen molar-refractivity contribution in [2.24, 2.45) is 0 Å². The van der Waals surface area contributed by atoms with Crippen LogP contribution >= 0.6 is 0 Å². The van der Waals surface area contributed by atoms with Crippen molar-refractivity contribution in [3.63, 3.8) is 0 Å². The Labute approximate surface area is 126 Å². The molecule has 0 bridgehead atoms. The van der Waals surface area contributed by atoms with E-state index < -0.39 is 0 Å². The van der Waals surface area contributed by atoms with Gasteiger partial charge in [-0.25, -0.2) is 4.98 Å². The first-order valence-corrected chi connectivity index (χ1v) is 7.52. The Kier molecular flexibility index (Phi) is 5.35. The van der Waals surface area contributed by atoms with Gasteiger partial charge in [-0.05, 0) is 31.9 Å². The molecule has 0 saturated heterocycles. The summed E-state index contributed by atoms with van der Waals surface area (Å²) in [6.45, 7) is 2.12. The first kappa shape index (κ1) is 15.5. The third-order valence-corrected chi connectivity index (χ3v) is 3.86. The number of amides is 1. The minimum absolute atomic E-state index is 0.0207. The molecule has 0 aromatic carbocycles. The normalized spacial score (nSPS) is 16.7. The lowest BCUT2D eigenvalue weighted by atomic mass is 9.83. The molecule has 0 unspecified atom stereocenters. The number of carbonyl (C=O) groups is 1. The predicted molar refractivity (Wildman–Crippen MR) is 81.8 cm³/mol. The van der Waals surface area contributed by atoms with Gasteiger partial charge in [0.1, 0.15) is 5.69 Å². The highest BCUT2D eigenvalue weighted by atomic mass is 16.2. The number of aliphatic hydroxyl groups excluding tert-OH is 1. The first-order valence-electron chi connectivity index (χ1n) is 7.52. The van der Waals surface area contributed by atoms with Crippen molar-refractivity contribution in [1.82, 2.24) is 10.3 Å². The summed E-state index contributed by atoms with van der Waals surface area (Å²) in [7, 11) is 0. The van der Waals surface area contributed by atoms with Crippen LogP contribution in [-0.2, 0) is 0 Å². The quantitative estimate of drug-likeness (QED) is 0.838. The molecule has 4 nitrogen and oxygen atoms in total. The van der Waals surface area contributed by atoms with Crippen LogP contribution in [0.5, 0.6) is 0 Å². The summed E-state index contributed by atoms with van der Waals surface area (Å²) in [6, 6.07) is 3.55. The van der Waals surface area contributed by atoms with Gasteiger partial charge in [-0.1, -0.05) is 31.1 Å². The van der Waals surface area contributed by atoms with E-state index in [2.05, 4.69) is 29.1 Å². The van der Waals surface area contributed by atoms with Gasteiger partial charge in [0.25, 0.3) is 5.91 Å². The number of aromatic nitrogens is 1. The maximum atomic E-state index is 12.5. The van der Waals surface area contributed by atoms with Crippen LogP contribution in [-0.4, -0.2) is 28.1 Å². The smallest absolute Gasteiger partial charge is 0.271 e. The molecule has 0 spiro atoms. The molecule has 1 heterocycles. The molecule has 1 saturated carbocycles. The number of rotatable bonds is 3. The van der Waals surface area contributed by atoms with Crippen LogP contribution in [0.15, 0.2) is 18.3 Å². The molecule has 1 amide bonds. The van der Waals surface area contributed by atoms with Crippen molar-refractivity contribution in [3.05, 3.63) is 29.6 Å². The van der Waals surface area contributed by atoms with E-state index >= 15 is 0 Å². The molecule has 1 aliphatic carbocycles. The van der Waals surface area contributed by atoms with Crippen LogP contribution in [0.1, 0.15) is 61.5 Å². The molecule has 21 heavy (non-hydrogen) atoms. The van der Waals surface area contributed by atoms with E-state index in [0.29, 0.717) is 17.7 Å². The van der Waals surface area contributed by atoms with Crippen LogP contribution in [0.4, 0.5) is 0 Å². The van der Waals surface area contributed by atoms with Crippen LogP contribution in [0.3, 0.4) is 0 Å². The summed E-state index contributed by atoms with van der Waals surface area (Å²) in [5.74, 6) is 5.59. The van der Waals surface area contributed by atoms with Crippen LogP contribution < -0.4 is 5.32 Å². The molecule has 0 aliphatic heterocycles. The fourth-order valence-corrected chi connectivity index (χ4v) is 2.69. The fraction of sp³-hybridized carbons (Fsp3) is 0.529. The molecule has 4 heteroatoms. The van der Waals surface area contributed by atoms with Gasteiger partial charge in [-0.3, -0.25) is 4.79 Å². The minimum Gasteiger partial charge on any atom is -0.395 e. The SMILES string of the molecule is CC1(NC(=O)c2ncccc2C#CCCO)CCCCC1. The largest absolute Gasteiger partial charge is 0.395 e. The molecule has 0 radical (unpaired) electrons. The van der Waals surface area contributed by atoms with Crippen LogP contribution in [0.25, 0.3) is 0 Å². The molecule has 1 aliphatic rings. The maximum absolute atomic E-state index is 12.5. The average molecular weight is 286 g/mol. The third-order valence-electron chi connectivity index (χ3n) is 3.86. The Morgan fingerprint density at radius 2 is 2.19 bits per heavy atom. The standard InChI is InChI=1S/C17H22N2O2/c1-17(10-4-2-5-11-17)19-16(21)15-14(8-3-6-13-20)9-7-12-18-15/h7,9,12,20H,2,4-6,10-11,13H2,1H3,(H,19,21). The van der Waals surface area contributed by atoms with Crippen LogP contribution in [0.2, 0.25) is 0 Å². The van der Waals surface area contributed by atoms with Crippen molar-refractivity contribution >= 4 is 5.91 Å². The van der Waals surface area contributed by atoms with E-state index in [-0.39, 0.29) is 18.1 Å². The summed E-state index contributed by atoms with van der Waals surface area (Å²) in [5.41, 5.74) is 0.848. The third kappa shape index (κ3) is 4.30. The van der Waals surface area contributed by atoms with Crippen LogP contribution in [0, 0.1) is 11.8 Å². The van der Waals surface area contributed by atoms with E-state index in [1.54, 1.807) is 18.3 Å². The van der Waals surface area contributed by atoms with E-state index in [4.69, 9.17) is 5.11 Å². The van der Waals surface area contributed by atoms with E-state index in [0.717, 1.165) is 25.7 Å². The van der Waals surface area contributed by atoms with E-state index in [1.165, 1.54) is 6.42 Å². The monoisotopic (exact) mass is 286 g/mol. The maximum Gasteiger partial charge on any atom is 0.271 e. The van der Waals surface area contributed by atoms with Crippen molar-refractivity contribution in [1.29, 1.82) is 0 Å². The molecule has 1 fully saturated rings. The number of hydrogen-bond donors (Lipinski definition) is 2. The van der Waals surface area contributed by atoms with Gasteiger partial charge in [0.2, 0.25) is 0 Å². The van der Waals surface area contributed by atoms with Crippen molar-refractivity contribution < 1.29 is 9.90 Å². The highest BCUT2D eigenvalue weighted by molar-refractivity contribution is 5.95. The Bertz CT molecular complexity index is 551. The highest BCUT2D eigenvalue weighted by Crippen LogP contribution is 2.27. The lowest BCUT2D eigenvalue weighted by Gasteiger charge is -2.34. The molecule has 1 aromatic heterocycles. The molecular weight excluding hydrogens is 264 g/mol. The average Bonchev–Trinajstić information content (AvgIpc) is 2.48. The highest BCUT2D eigenvalue weighted by Gasteiger charge is 2.29. The molecule has 2 rings (SSSR count). The van der Waals surface area contributed by atoms with E-state index in [1.807, 2.05) is 0 Å². The zero-order chi connectivity index (χ0) is 15.1. The van der Waals surface area contributed by atoms with Gasteiger partial charge < -0.3 is 10.4 Å². The van der Waals surface area contributed by atoms with Crippen molar-refractivity contribution in [3.8, 4) is 11.8 Å². The van der Waals surface area contributed by atoms with Crippen molar-refractivity contribution in [2.75, 3.05) is 6.61 Å². The van der Waals surface area contributed by atoms with Gasteiger partial charge in [-0.2, -0.15) is 0 Å². The zero-order valence-corrected chi connectivity index (χ0v) is 12.5. The lowest BCUT2D eigenvalue weighted by molar-refractivity contribution is 0.0877. The molecule has 1 aromatic rings. The Morgan fingerprint density at radius 3 is 2.90 bits per heavy atom. The predicted octanol–water partition coefficient (Wildman–Crippen LogP) is 2.27. The minimum atomic E-state index is -0.159. The van der Waals surface area contributed by atoms with Gasteiger partial charge in [0.05, 0.1) is 12.2 Å². The number of carbonyl (C=O) groups excluding carboxylic acids is 1. The summed E-state index contributed by atoms with van der Waals surface area (Å²) in [6.07, 6.45) is 7.58.